The van der Waals surface area contributed by atoms with E-state index >= 15 is 0 Å². The van der Waals surface area contributed by atoms with Gasteiger partial charge in [0, 0.05) is 6.07 Å². The first kappa shape index (κ1) is 10.2. The van der Waals surface area contributed by atoms with Crippen molar-refractivity contribution in [3.63, 3.8) is 0 Å². The zero-order valence-corrected chi connectivity index (χ0v) is 9.43. The monoisotopic (exact) mass is 231 g/mol. The number of carbonyl (C=O) groups is 1. The molecule has 0 saturated carbocycles. The second-order valence-electron chi connectivity index (χ2n) is 4.38. The molecule has 1 aromatic carbocycles. The highest BCUT2D eigenvalue weighted by Gasteiger charge is 2.39. The molecule has 17 heavy (non-hydrogen) atoms. The Balaban J connectivity index is 2.16. The zero-order valence-electron chi connectivity index (χ0n) is 9.43. The lowest BCUT2D eigenvalue weighted by atomic mass is 10.1. The molecule has 0 N–H and O–H groups in total. The van der Waals surface area contributed by atoms with E-state index in [1.807, 2.05) is 29.9 Å². The second kappa shape index (κ2) is 3.52. The number of hydrogen-bond acceptors (Lipinski definition) is 1. The van der Waals surface area contributed by atoms with Crippen LogP contribution in [0.1, 0.15) is 11.7 Å². The molecule has 1 aliphatic rings. The fourth-order valence-electron chi connectivity index (χ4n) is 2.25. The molecule has 0 saturated heterocycles. The van der Waals surface area contributed by atoms with Crippen LogP contribution >= 0.6 is 0 Å². The molecular weight excluding hydrogens is 219 g/mol. The van der Waals surface area contributed by atoms with Crippen LogP contribution in [0.3, 0.4) is 0 Å². The molecule has 2 heterocycles. The van der Waals surface area contributed by atoms with E-state index in [0.717, 1.165) is 11.3 Å². The van der Waals surface area contributed by atoms with Crippen LogP contribution in [0.15, 0.2) is 36.5 Å². The van der Waals surface area contributed by atoms with Crippen LogP contribution in [0.25, 0.3) is 11.3 Å². The molecule has 0 radical (unpaired) electrons. The number of hydrogen-bond donors (Lipinski definition) is 0. The maximum absolute atomic E-state index is 13.2. The summed E-state index contributed by atoms with van der Waals surface area (Å²) in [6.45, 7) is 2.59. The maximum Gasteiger partial charge on any atom is 0.420 e. The van der Waals surface area contributed by atoms with E-state index in [0.29, 0.717) is 6.54 Å². The largest absolute Gasteiger partial charge is 0.420 e. The molecule has 1 unspecified atom stereocenters. The number of benzene rings is 1. The van der Waals surface area contributed by atoms with Crippen LogP contribution in [0.4, 0.5) is 4.39 Å². The third-order valence-electron chi connectivity index (χ3n) is 3.10. The van der Waals surface area contributed by atoms with Crippen molar-refractivity contribution in [3.8, 4) is 11.3 Å². The third kappa shape index (κ3) is 1.48. The highest BCUT2D eigenvalue weighted by molar-refractivity contribution is 5.73. The number of rotatable bonds is 1. The molecule has 1 atom stereocenters. The third-order valence-corrected chi connectivity index (χ3v) is 3.10. The average molecular weight is 231 g/mol. The Morgan fingerprint density at radius 3 is 3.00 bits per heavy atom. The van der Waals surface area contributed by atoms with Crippen molar-refractivity contribution in [2.24, 2.45) is 5.92 Å². The van der Waals surface area contributed by atoms with Crippen molar-refractivity contribution in [2.75, 3.05) is 0 Å². The van der Waals surface area contributed by atoms with Crippen molar-refractivity contribution in [1.29, 1.82) is 0 Å². The molecule has 0 aliphatic carbocycles. The fraction of sp³-hybridized carbons (Fsp3) is 0.231. The number of carbonyl (C=O) groups excluding carboxylic acids is 1. The summed E-state index contributed by atoms with van der Waals surface area (Å²) in [7, 11) is 0. The minimum atomic E-state index is -0.290. The number of nitrogens with zero attached hydrogens (tertiary/aromatic N) is 2. The van der Waals surface area contributed by atoms with E-state index in [-0.39, 0.29) is 17.6 Å². The maximum atomic E-state index is 13.2. The molecule has 0 amide bonds. The number of fused-ring (bicyclic) bond motifs is 1. The van der Waals surface area contributed by atoms with Crippen molar-refractivity contribution in [3.05, 3.63) is 42.3 Å². The van der Waals surface area contributed by atoms with E-state index in [1.54, 1.807) is 10.7 Å². The van der Waals surface area contributed by atoms with Crippen molar-refractivity contribution in [1.82, 2.24) is 4.68 Å². The predicted octanol–water partition coefficient (Wildman–Crippen LogP) is 1.87. The van der Waals surface area contributed by atoms with Crippen LogP contribution < -0.4 is 4.68 Å². The molecular formula is C13H12FN2O+. The summed E-state index contributed by atoms with van der Waals surface area (Å²) in [5.74, 6) is -0.237. The van der Waals surface area contributed by atoms with Gasteiger partial charge in [-0.3, -0.25) is 0 Å². The summed E-state index contributed by atoms with van der Waals surface area (Å²) >= 11 is 0. The highest BCUT2D eigenvalue weighted by atomic mass is 19.1. The van der Waals surface area contributed by atoms with Crippen molar-refractivity contribution in [2.45, 2.75) is 13.5 Å². The number of aromatic nitrogens is 2. The summed E-state index contributed by atoms with van der Waals surface area (Å²) in [4.78, 5) is 12.0. The van der Waals surface area contributed by atoms with Gasteiger partial charge in [-0.25, -0.2) is 9.18 Å². The van der Waals surface area contributed by atoms with Gasteiger partial charge in [0.25, 0.3) is 0 Å². The van der Waals surface area contributed by atoms with Crippen molar-refractivity contribution < 1.29 is 13.9 Å². The summed E-state index contributed by atoms with van der Waals surface area (Å²) in [6, 6.07) is 8.15. The Labute approximate surface area is 98.1 Å². The van der Waals surface area contributed by atoms with E-state index in [1.165, 1.54) is 12.1 Å². The number of halogens is 1. The summed E-state index contributed by atoms with van der Waals surface area (Å²) < 4.78 is 16.7. The molecule has 86 valence electrons. The smallest absolute Gasteiger partial charge is 0.216 e. The lowest BCUT2D eigenvalue weighted by Gasteiger charge is -1.95. The molecule has 0 bridgehead atoms. The summed E-state index contributed by atoms with van der Waals surface area (Å²) in [5.41, 5.74) is 1.48. The van der Waals surface area contributed by atoms with Gasteiger partial charge in [0.15, 0.2) is 0 Å². The van der Waals surface area contributed by atoms with Gasteiger partial charge >= 0.3 is 5.91 Å². The van der Waals surface area contributed by atoms with Gasteiger partial charge in [-0.05, 0) is 29.8 Å². The molecule has 1 aliphatic heterocycles. The van der Waals surface area contributed by atoms with Gasteiger partial charge in [-0.2, -0.15) is 4.68 Å². The van der Waals surface area contributed by atoms with Crippen LogP contribution in [-0.4, -0.2) is 10.6 Å². The minimum Gasteiger partial charge on any atom is -0.216 e. The first-order valence-electron chi connectivity index (χ1n) is 5.58. The van der Waals surface area contributed by atoms with E-state index in [9.17, 15) is 9.18 Å². The Morgan fingerprint density at radius 1 is 1.41 bits per heavy atom. The lowest BCUT2D eigenvalue weighted by molar-refractivity contribution is -0.640. The van der Waals surface area contributed by atoms with Gasteiger partial charge in [0.2, 0.25) is 5.69 Å². The first-order valence-corrected chi connectivity index (χ1v) is 5.58. The van der Waals surface area contributed by atoms with Crippen LogP contribution in [0.2, 0.25) is 0 Å². The van der Waals surface area contributed by atoms with Gasteiger partial charge in [-0.1, -0.05) is 6.07 Å². The molecule has 1 aromatic heterocycles. The van der Waals surface area contributed by atoms with Crippen LogP contribution in [0, 0.1) is 11.7 Å². The quantitative estimate of drug-likeness (QED) is 0.688. The topological polar surface area (TPSA) is 25.9 Å². The molecule has 3 rings (SSSR count). The Hall–Kier alpha value is -1.97. The van der Waals surface area contributed by atoms with Gasteiger partial charge in [0.1, 0.15) is 11.7 Å². The van der Waals surface area contributed by atoms with Gasteiger partial charge in [0.05, 0.1) is 18.3 Å². The second-order valence-corrected chi connectivity index (χ2v) is 4.38. The molecule has 3 nitrogen and oxygen atoms in total. The summed E-state index contributed by atoms with van der Waals surface area (Å²) in [5, 5.41) is 0. The highest BCUT2D eigenvalue weighted by Crippen LogP contribution is 2.20. The standard InChI is InChI=1S/C13H12FN2O/c1-9-8-15-6-5-12(16(15)13(9)17)10-3-2-4-11(14)7-10/h2-7,9H,8H2,1H3/q+1. The van der Waals surface area contributed by atoms with Crippen LogP contribution in [0.5, 0.6) is 0 Å². The van der Waals surface area contributed by atoms with Gasteiger partial charge < -0.3 is 0 Å². The Morgan fingerprint density at radius 2 is 2.24 bits per heavy atom. The first-order chi connectivity index (χ1) is 8.16. The van der Waals surface area contributed by atoms with E-state index in [2.05, 4.69) is 0 Å². The Kier molecular flexibility index (Phi) is 2.11. The molecule has 2 aromatic rings. The fourth-order valence-corrected chi connectivity index (χ4v) is 2.25. The molecule has 0 spiro atoms. The SMILES string of the molecule is CC1Cn2ccc(-c3cccc(F)c3)[n+]2C1=O. The molecule has 4 heteroatoms. The lowest BCUT2D eigenvalue weighted by Crippen LogP contribution is -2.46. The minimum absolute atomic E-state index is 0.0106. The van der Waals surface area contributed by atoms with E-state index in [4.69, 9.17) is 0 Å². The van der Waals surface area contributed by atoms with E-state index < -0.39 is 0 Å². The summed E-state index contributed by atoms with van der Waals surface area (Å²) in [6.07, 6.45) is 1.86. The van der Waals surface area contributed by atoms with Crippen molar-refractivity contribution >= 4 is 5.91 Å². The Bertz CT molecular complexity index is 603. The normalized spacial score (nSPS) is 18.5. The van der Waals surface area contributed by atoms with Crippen LogP contribution in [-0.2, 0) is 6.54 Å². The zero-order chi connectivity index (χ0) is 12.0. The van der Waals surface area contributed by atoms with Gasteiger partial charge in [-0.15, -0.1) is 0 Å². The average Bonchev–Trinajstić information content (AvgIpc) is 2.81. The molecule has 0 fully saturated rings. The predicted molar refractivity (Wildman–Crippen MR) is 59.8 cm³/mol.